The summed E-state index contributed by atoms with van der Waals surface area (Å²) in [5, 5.41) is 3.86. The molecule has 16 heavy (non-hydrogen) atoms. The predicted octanol–water partition coefficient (Wildman–Crippen LogP) is 1.60. The molecule has 1 atom stereocenters. The van der Waals surface area contributed by atoms with Crippen molar-refractivity contribution >= 4 is 6.21 Å². The Kier molecular flexibility index (Phi) is 4.34. The van der Waals surface area contributed by atoms with Gasteiger partial charge in [0.05, 0.1) is 26.0 Å². The molecule has 1 aromatic rings. The minimum Gasteiger partial charge on any atom is -0.391 e. The van der Waals surface area contributed by atoms with E-state index < -0.39 is 0 Å². The van der Waals surface area contributed by atoms with Crippen LogP contribution in [0.4, 0.5) is 0 Å². The molecule has 1 aliphatic heterocycles. The molecule has 0 aliphatic carbocycles. The van der Waals surface area contributed by atoms with Crippen LogP contribution in [0.15, 0.2) is 35.5 Å². The summed E-state index contributed by atoms with van der Waals surface area (Å²) < 4.78 is 10.6. The molecule has 0 aromatic heterocycles. The van der Waals surface area contributed by atoms with E-state index in [1.165, 1.54) is 0 Å². The van der Waals surface area contributed by atoms with Gasteiger partial charge < -0.3 is 14.3 Å². The van der Waals surface area contributed by atoms with Crippen molar-refractivity contribution in [3.63, 3.8) is 0 Å². The molecule has 4 heteroatoms. The van der Waals surface area contributed by atoms with Gasteiger partial charge in [-0.2, -0.15) is 0 Å². The van der Waals surface area contributed by atoms with Gasteiger partial charge >= 0.3 is 0 Å². The Morgan fingerprint density at radius 1 is 1.31 bits per heavy atom. The normalized spacial score (nSPS) is 21.1. The molecule has 4 nitrogen and oxygen atoms in total. The average molecular weight is 221 g/mol. The molecular formula is C12H15NO3. The van der Waals surface area contributed by atoms with E-state index in [-0.39, 0.29) is 6.10 Å². The maximum absolute atomic E-state index is 5.38. The summed E-state index contributed by atoms with van der Waals surface area (Å²) in [4.78, 5) is 5.16. The molecule has 1 fully saturated rings. The fourth-order valence-corrected chi connectivity index (χ4v) is 1.39. The maximum atomic E-state index is 5.38. The lowest BCUT2D eigenvalue weighted by atomic mass is 10.2. The molecule has 1 aliphatic rings. The Morgan fingerprint density at radius 3 is 2.94 bits per heavy atom. The molecule has 1 aromatic carbocycles. The minimum absolute atomic E-state index is 0.0791. The highest BCUT2D eigenvalue weighted by atomic mass is 16.6. The quantitative estimate of drug-likeness (QED) is 0.572. The van der Waals surface area contributed by atoms with E-state index in [0.717, 1.165) is 5.56 Å². The number of nitrogens with zero attached hydrogens (tertiary/aromatic N) is 1. The topological polar surface area (TPSA) is 40.0 Å². The van der Waals surface area contributed by atoms with Gasteiger partial charge in [0.25, 0.3) is 0 Å². The first kappa shape index (κ1) is 11.1. The van der Waals surface area contributed by atoms with Gasteiger partial charge in [0, 0.05) is 0 Å². The number of hydrogen-bond acceptors (Lipinski definition) is 4. The second kappa shape index (κ2) is 6.25. The van der Waals surface area contributed by atoms with Crippen molar-refractivity contribution in [1.82, 2.24) is 0 Å². The van der Waals surface area contributed by atoms with Crippen molar-refractivity contribution in [2.75, 3.05) is 19.8 Å². The fraction of sp³-hybridized carbons (Fsp3) is 0.417. The van der Waals surface area contributed by atoms with Crippen LogP contribution in [0.3, 0.4) is 0 Å². The molecule has 0 amide bonds. The van der Waals surface area contributed by atoms with Crippen molar-refractivity contribution in [3.05, 3.63) is 35.9 Å². The van der Waals surface area contributed by atoms with E-state index in [4.69, 9.17) is 14.3 Å². The third kappa shape index (κ3) is 3.64. The first-order chi connectivity index (χ1) is 7.95. The van der Waals surface area contributed by atoms with Crippen molar-refractivity contribution < 1.29 is 14.3 Å². The smallest absolute Gasteiger partial charge is 0.142 e. The van der Waals surface area contributed by atoms with E-state index in [1.54, 1.807) is 6.21 Å². The van der Waals surface area contributed by atoms with Gasteiger partial charge in [-0.25, -0.2) is 0 Å². The van der Waals surface area contributed by atoms with Crippen molar-refractivity contribution in [2.24, 2.45) is 5.16 Å². The van der Waals surface area contributed by atoms with Gasteiger partial charge in [-0.05, 0) is 5.56 Å². The highest BCUT2D eigenvalue weighted by molar-refractivity contribution is 5.62. The molecule has 0 spiro atoms. The Morgan fingerprint density at radius 2 is 2.19 bits per heavy atom. The van der Waals surface area contributed by atoms with Crippen LogP contribution in [0.5, 0.6) is 0 Å². The summed E-state index contributed by atoms with van der Waals surface area (Å²) in [5.41, 5.74) is 1.10. The van der Waals surface area contributed by atoms with Crippen LogP contribution in [0.2, 0.25) is 0 Å². The van der Waals surface area contributed by atoms with Gasteiger partial charge in [-0.1, -0.05) is 35.5 Å². The van der Waals surface area contributed by atoms with Gasteiger partial charge in [-0.3, -0.25) is 0 Å². The summed E-state index contributed by atoms with van der Waals surface area (Å²) in [6, 6.07) is 9.91. The van der Waals surface area contributed by atoms with Gasteiger partial charge in [-0.15, -0.1) is 0 Å². The third-order valence-electron chi connectivity index (χ3n) is 2.22. The highest BCUT2D eigenvalue weighted by Gasteiger charge is 2.11. The summed E-state index contributed by atoms with van der Waals surface area (Å²) in [5.74, 6) is 0. The van der Waals surface area contributed by atoms with Crippen LogP contribution in [0.25, 0.3) is 0 Å². The van der Waals surface area contributed by atoms with E-state index in [0.29, 0.717) is 26.4 Å². The van der Waals surface area contributed by atoms with Gasteiger partial charge in [0.1, 0.15) is 12.7 Å². The standard InChI is InChI=1S/C12H15NO3/c1-2-4-11(5-3-1)9-16-13-8-12-10-14-6-7-15-12/h1-5,8,12H,6-7,9-10H2/b13-8+/t12-/m1/s1. The zero-order valence-corrected chi connectivity index (χ0v) is 9.04. The molecular weight excluding hydrogens is 206 g/mol. The van der Waals surface area contributed by atoms with E-state index in [1.807, 2.05) is 30.3 Å². The molecule has 0 N–H and O–H groups in total. The number of oxime groups is 1. The second-order valence-corrected chi connectivity index (χ2v) is 3.50. The molecule has 0 bridgehead atoms. The van der Waals surface area contributed by atoms with Crippen LogP contribution in [0, 0.1) is 0 Å². The Labute approximate surface area is 94.8 Å². The Balaban J connectivity index is 1.69. The zero-order chi connectivity index (χ0) is 11.1. The van der Waals surface area contributed by atoms with Crippen LogP contribution in [0.1, 0.15) is 5.56 Å². The van der Waals surface area contributed by atoms with Crippen LogP contribution in [-0.4, -0.2) is 32.1 Å². The predicted molar refractivity (Wildman–Crippen MR) is 60.3 cm³/mol. The summed E-state index contributed by atoms with van der Waals surface area (Å²) in [7, 11) is 0. The molecule has 0 radical (unpaired) electrons. The largest absolute Gasteiger partial charge is 0.391 e. The van der Waals surface area contributed by atoms with Crippen molar-refractivity contribution in [2.45, 2.75) is 12.7 Å². The SMILES string of the molecule is C(=N\OCc1ccccc1)/[C@@H]1COCCO1. The van der Waals surface area contributed by atoms with Gasteiger partial charge in [0.15, 0.2) is 0 Å². The van der Waals surface area contributed by atoms with Crippen molar-refractivity contribution in [3.8, 4) is 0 Å². The van der Waals surface area contributed by atoms with Crippen LogP contribution in [-0.2, 0) is 20.9 Å². The Hall–Kier alpha value is -1.39. The van der Waals surface area contributed by atoms with Crippen molar-refractivity contribution in [1.29, 1.82) is 0 Å². The second-order valence-electron chi connectivity index (χ2n) is 3.50. The average Bonchev–Trinajstić information content (AvgIpc) is 2.37. The number of rotatable bonds is 4. The van der Waals surface area contributed by atoms with E-state index in [9.17, 15) is 0 Å². The summed E-state index contributed by atoms with van der Waals surface area (Å²) >= 11 is 0. The number of hydrogen-bond donors (Lipinski definition) is 0. The lowest BCUT2D eigenvalue weighted by molar-refractivity contribution is -0.0587. The summed E-state index contributed by atoms with van der Waals surface area (Å²) in [6.07, 6.45) is 1.56. The van der Waals surface area contributed by atoms with Gasteiger partial charge in [0.2, 0.25) is 0 Å². The monoisotopic (exact) mass is 221 g/mol. The number of benzene rings is 1. The van der Waals surface area contributed by atoms with E-state index in [2.05, 4.69) is 5.16 Å². The molecule has 2 rings (SSSR count). The molecule has 1 saturated heterocycles. The first-order valence-corrected chi connectivity index (χ1v) is 5.34. The molecule has 86 valence electrons. The zero-order valence-electron chi connectivity index (χ0n) is 9.04. The Bertz CT molecular complexity index is 320. The minimum atomic E-state index is -0.0791. The third-order valence-corrected chi connectivity index (χ3v) is 2.22. The van der Waals surface area contributed by atoms with Crippen LogP contribution >= 0.6 is 0 Å². The molecule has 0 saturated carbocycles. The van der Waals surface area contributed by atoms with E-state index >= 15 is 0 Å². The lowest BCUT2D eigenvalue weighted by Crippen LogP contribution is -2.29. The molecule has 1 heterocycles. The highest BCUT2D eigenvalue weighted by Crippen LogP contribution is 2.01. The maximum Gasteiger partial charge on any atom is 0.142 e. The number of ether oxygens (including phenoxy) is 2. The fourth-order valence-electron chi connectivity index (χ4n) is 1.39. The summed E-state index contributed by atoms with van der Waals surface area (Å²) in [6.45, 7) is 2.31. The molecule has 0 unspecified atom stereocenters. The first-order valence-electron chi connectivity index (χ1n) is 5.34. The van der Waals surface area contributed by atoms with Crippen LogP contribution < -0.4 is 0 Å². The lowest BCUT2D eigenvalue weighted by Gasteiger charge is -2.18.